The number of hydrogen-bond acceptors (Lipinski definition) is 2. The standard InChI is InChI=1S/C16H14N4O/c21-16(20-15-10-17-18-11-15)19-14-8-6-13(7-9-14)12-4-2-1-3-5-12/h1-11H,(H,17,18)(H2,19,20,21). The maximum Gasteiger partial charge on any atom is 0.323 e. The lowest BCUT2D eigenvalue weighted by Crippen LogP contribution is -2.18. The van der Waals surface area contributed by atoms with Crippen molar-refractivity contribution < 1.29 is 4.79 Å². The smallest absolute Gasteiger partial charge is 0.308 e. The van der Waals surface area contributed by atoms with E-state index in [2.05, 4.69) is 20.8 Å². The van der Waals surface area contributed by atoms with Crippen LogP contribution in [0.15, 0.2) is 67.0 Å². The minimum Gasteiger partial charge on any atom is -0.308 e. The Balaban J connectivity index is 1.66. The third kappa shape index (κ3) is 3.27. The van der Waals surface area contributed by atoms with Crippen LogP contribution >= 0.6 is 0 Å². The third-order valence-corrected chi connectivity index (χ3v) is 3.01. The van der Waals surface area contributed by atoms with E-state index in [4.69, 9.17) is 0 Å². The molecular formula is C16H14N4O. The van der Waals surface area contributed by atoms with Gasteiger partial charge in [-0.3, -0.25) is 5.10 Å². The average Bonchev–Trinajstić information content (AvgIpc) is 3.02. The second-order valence-electron chi connectivity index (χ2n) is 4.51. The monoisotopic (exact) mass is 278 g/mol. The number of H-pyrrole nitrogens is 1. The Morgan fingerprint density at radius 3 is 2.19 bits per heavy atom. The quantitative estimate of drug-likeness (QED) is 0.683. The zero-order valence-corrected chi connectivity index (χ0v) is 11.2. The van der Waals surface area contributed by atoms with Gasteiger partial charge in [-0.2, -0.15) is 5.10 Å². The van der Waals surface area contributed by atoms with Crippen molar-refractivity contribution in [3.05, 3.63) is 67.0 Å². The summed E-state index contributed by atoms with van der Waals surface area (Å²) in [6.45, 7) is 0. The van der Waals surface area contributed by atoms with Crippen molar-refractivity contribution in [2.45, 2.75) is 0 Å². The number of carbonyl (C=O) groups is 1. The van der Waals surface area contributed by atoms with Gasteiger partial charge in [0.1, 0.15) is 0 Å². The average molecular weight is 278 g/mol. The number of anilines is 2. The zero-order chi connectivity index (χ0) is 14.5. The van der Waals surface area contributed by atoms with Crippen LogP contribution < -0.4 is 10.6 Å². The Bertz CT molecular complexity index is 706. The van der Waals surface area contributed by atoms with Gasteiger partial charge >= 0.3 is 6.03 Å². The highest BCUT2D eigenvalue weighted by molar-refractivity contribution is 5.99. The number of aromatic nitrogens is 2. The van der Waals surface area contributed by atoms with E-state index in [-0.39, 0.29) is 6.03 Å². The third-order valence-electron chi connectivity index (χ3n) is 3.01. The van der Waals surface area contributed by atoms with Gasteiger partial charge in [0, 0.05) is 11.9 Å². The Labute approximate surface area is 122 Å². The van der Waals surface area contributed by atoms with Gasteiger partial charge in [-0.15, -0.1) is 0 Å². The predicted octanol–water partition coefficient (Wildman–Crippen LogP) is 3.72. The fraction of sp³-hybridized carbons (Fsp3) is 0. The van der Waals surface area contributed by atoms with E-state index in [0.29, 0.717) is 5.69 Å². The molecule has 0 aliphatic carbocycles. The Morgan fingerprint density at radius 2 is 1.52 bits per heavy atom. The highest BCUT2D eigenvalue weighted by Gasteiger charge is 2.03. The Kier molecular flexibility index (Phi) is 3.64. The number of carbonyl (C=O) groups excluding carboxylic acids is 1. The summed E-state index contributed by atoms with van der Waals surface area (Å²) in [5, 5.41) is 11.8. The number of urea groups is 1. The molecule has 0 fully saturated rings. The molecule has 0 bridgehead atoms. The van der Waals surface area contributed by atoms with Gasteiger partial charge in [-0.1, -0.05) is 42.5 Å². The molecule has 0 saturated carbocycles. The molecule has 3 rings (SSSR count). The van der Waals surface area contributed by atoms with E-state index >= 15 is 0 Å². The van der Waals surface area contributed by atoms with Crippen LogP contribution in [-0.4, -0.2) is 16.2 Å². The molecule has 0 atom stereocenters. The minimum atomic E-state index is -0.302. The molecule has 5 heteroatoms. The first kappa shape index (κ1) is 12.9. The maximum atomic E-state index is 11.8. The van der Waals surface area contributed by atoms with Gasteiger partial charge in [0.15, 0.2) is 0 Å². The number of amides is 2. The first-order valence-electron chi connectivity index (χ1n) is 6.53. The topological polar surface area (TPSA) is 69.8 Å². The van der Waals surface area contributed by atoms with Crippen LogP contribution in [0.25, 0.3) is 11.1 Å². The first-order valence-corrected chi connectivity index (χ1v) is 6.53. The summed E-state index contributed by atoms with van der Waals surface area (Å²) in [7, 11) is 0. The number of benzene rings is 2. The lowest BCUT2D eigenvalue weighted by molar-refractivity contribution is 0.262. The van der Waals surface area contributed by atoms with E-state index in [9.17, 15) is 4.79 Å². The Hall–Kier alpha value is -3.08. The molecule has 0 radical (unpaired) electrons. The highest BCUT2D eigenvalue weighted by Crippen LogP contribution is 2.21. The van der Waals surface area contributed by atoms with Gasteiger partial charge < -0.3 is 10.6 Å². The van der Waals surface area contributed by atoms with E-state index in [1.54, 1.807) is 6.20 Å². The fourth-order valence-corrected chi connectivity index (χ4v) is 1.99. The van der Waals surface area contributed by atoms with Gasteiger partial charge in [0.25, 0.3) is 0 Å². The molecule has 0 unspecified atom stereocenters. The van der Waals surface area contributed by atoms with Crippen molar-refractivity contribution >= 4 is 17.4 Å². The summed E-state index contributed by atoms with van der Waals surface area (Å²) in [5.41, 5.74) is 3.60. The largest absolute Gasteiger partial charge is 0.323 e. The summed E-state index contributed by atoms with van der Waals surface area (Å²) < 4.78 is 0. The zero-order valence-electron chi connectivity index (χ0n) is 11.2. The van der Waals surface area contributed by atoms with Crippen molar-refractivity contribution in [1.29, 1.82) is 0 Å². The molecule has 1 heterocycles. The summed E-state index contributed by atoms with van der Waals surface area (Å²) in [6, 6.07) is 17.5. The van der Waals surface area contributed by atoms with Crippen LogP contribution in [0, 0.1) is 0 Å². The molecule has 1 aromatic heterocycles. The number of nitrogens with zero attached hydrogens (tertiary/aromatic N) is 1. The van der Waals surface area contributed by atoms with Crippen molar-refractivity contribution in [2.24, 2.45) is 0 Å². The summed E-state index contributed by atoms with van der Waals surface area (Å²) >= 11 is 0. The van der Waals surface area contributed by atoms with Crippen molar-refractivity contribution in [2.75, 3.05) is 10.6 Å². The normalized spacial score (nSPS) is 10.1. The molecule has 0 aliphatic heterocycles. The molecule has 104 valence electrons. The lowest BCUT2D eigenvalue weighted by atomic mass is 10.1. The van der Waals surface area contributed by atoms with Crippen LogP contribution in [-0.2, 0) is 0 Å². The minimum absolute atomic E-state index is 0.302. The van der Waals surface area contributed by atoms with E-state index in [0.717, 1.165) is 16.8 Å². The molecule has 21 heavy (non-hydrogen) atoms. The van der Waals surface area contributed by atoms with E-state index in [1.807, 2.05) is 54.6 Å². The number of nitrogens with one attached hydrogen (secondary N) is 3. The van der Waals surface area contributed by atoms with Crippen molar-refractivity contribution in [3.63, 3.8) is 0 Å². The summed E-state index contributed by atoms with van der Waals surface area (Å²) in [6.07, 6.45) is 3.15. The molecule has 0 spiro atoms. The van der Waals surface area contributed by atoms with E-state index in [1.165, 1.54) is 6.20 Å². The molecule has 2 amide bonds. The van der Waals surface area contributed by atoms with Crippen molar-refractivity contribution in [3.8, 4) is 11.1 Å². The van der Waals surface area contributed by atoms with Crippen LogP contribution in [0.1, 0.15) is 0 Å². The molecule has 2 aromatic carbocycles. The molecule has 3 N–H and O–H groups in total. The predicted molar refractivity (Wildman–Crippen MR) is 83.1 cm³/mol. The van der Waals surface area contributed by atoms with Crippen LogP contribution in [0.5, 0.6) is 0 Å². The number of hydrogen-bond donors (Lipinski definition) is 3. The fourth-order valence-electron chi connectivity index (χ4n) is 1.99. The van der Waals surface area contributed by atoms with Gasteiger partial charge in [0.05, 0.1) is 11.9 Å². The lowest BCUT2D eigenvalue weighted by Gasteiger charge is -2.07. The second-order valence-corrected chi connectivity index (χ2v) is 4.51. The summed E-state index contributed by atoms with van der Waals surface area (Å²) in [4.78, 5) is 11.8. The van der Waals surface area contributed by atoms with E-state index < -0.39 is 0 Å². The first-order chi connectivity index (χ1) is 10.3. The molecular weight excluding hydrogens is 264 g/mol. The van der Waals surface area contributed by atoms with Crippen LogP contribution in [0.4, 0.5) is 16.2 Å². The number of aromatic amines is 1. The van der Waals surface area contributed by atoms with Gasteiger partial charge in [-0.05, 0) is 23.3 Å². The second kappa shape index (κ2) is 5.92. The molecule has 0 saturated heterocycles. The maximum absolute atomic E-state index is 11.8. The van der Waals surface area contributed by atoms with Crippen LogP contribution in [0.2, 0.25) is 0 Å². The van der Waals surface area contributed by atoms with Crippen LogP contribution in [0.3, 0.4) is 0 Å². The molecule has 0 aliphatic rings. The number of rotatable bonds is 3. The van der Waals surface area contributed by atoms with Gasteiger partial charge in [-0.25, -0.2) is 4.79 Å². The van der Waals surface area contributed by atoms with Gasteiger partial charge in [0.2, 0.25) is 0 Å². The molecule has 5 nitrogen and oxygen atoms in total. The Morgan fingerprint density at radius 1 is 0.857 bits per heavy atom. The highest BCUT2D eigenvalue weighted by atomic mass is 16.2. The van der Waals surface area contributed by atoms with Crippen molar-refractivity contribution in [1.82, 2.24) is 10.2 Å². The molecule has 3 aromatic rings. The SMILES string of the molecule is O=C(Nc1ccc(-c2ccccc2)cc1)Nc1cn[nH]c1. The summed E-state index contributed by atoms with van der Waals surface area (Å²) in [5.74, 6) is 0.